The summed E-state index contributed by atoms with van der Waals surface area (Å²) in [5.74, 6) is -0.424. The summed E-state index contributed by atoms with van der Waals surface area (Å²) in [6.45, 7) is 1.86. The van der Waals surface area contributed by atoms with Gasteiger partial charge in [-0.2, -0.15) is 0 Å². The lowest BCUT2D eigenvalue weighted by Gasteiger charge is -2.01. The van der Waals surface area contributed by atoms with Crippen LogP contribution in [0.5, 0.6) is 0 Å². The fraction of sp³-hybridized carbons (Fsp3) is 0.750. The SMILES string of the molecule is [B]OC(=O)[C@@H](Br)CC. The van der Waals surface area contributed by atoms with Gasteiger partial charge in [-0.3, -0.25) is 4.79 Å². The van der Waals surface area contributed by atoms with Crippen molar-refractivity contribution >= 4 is 29.9 Å². The molecular weight excluding hydrogens is 171 g/mol. The van der Waals surface area contributed by atoms with Gasteiger partial charge in [-0.05, 0) is 6.42 Å². The van der Waals surface area contributed by atoms with Crippen LogP contribution in [0.15, 0.2) is 0 Å². The van der Waals surface area contributed by atoms with E-state index in [1.165, 1.54) is 0 Å². The summed E-state index contributed by atoms with van der Waals surface area (Å²) >= 11 is 3.05. The molecule has 0 aromatic rings. The highest BCUT2D eigenvalue weighted by atomic mass is 79.9. The third-order valence-corrected chi connectivity index (χ3v) is 1.75. The molecular formula is C4H6BBrO2. The van der Waals surface area contributed by atoms with E-state index in [4.69, 9.17) is 0 Å². The maximum atomic E-state index is 10.3. The average Bonchev–Trinajstić information content (AvgIpc) is 1.84. The van der Waals surface area contributed by atoms with Crippen LogP contribution >= 0.6 is 15.9 Å². The van der Waals surface area contributed by atoms with Crippen molar-refractivity contribution in [2.45, 2.75) is 18.2 Å². The van der Waals surface area contributed by atoms with Gasteiger partial charge >= 0.3 is 14.0 Å². The van der Waals surface area contributed by atoms with Crippen LogP contribution in [0.4, 0.5) is 0 Å². The monoisotopic (exact) mass is 176 g/mol. The molecule has 2 radical (unpaired) electrons. The van der Waals surface area contributed by atoms with Crippen LogP contribution < -0.4 is 0 Å². The van der Waals surface area contributed by atoms with E-state index < -0.39 is 5.97 Å². The molecule has 4 heteroatoms. The van der Waals surface area contributed by atoms with Crippen LogP contribution in [0.3, 0.4) is 0 Å². The number of carbonyl (C=O) groups excluding carboxylic acids is 1. The number of carbonyl (C=O) groups is 1. The molecule has 0 amide bonds. The minimum absolute atomic E-state index is 0.257. The molecule has 0 rings (SSSR count). The third kappa shape index (κ3) is 2.35. The Kier molecular flexibility index (Phi) is 3.96. The minimum atomic E-state index is -0.424. The van der Waals surface area contributed by atoms with Gasteiger partial charge in [0.1, 0.15) is 4.83 Å². The normalized spacial score (nSPS) is 12.8. The quantitative estimate of drug-likeness (QED) is 0.460. The average molecular weight is 177 g/mol. The van der Waals surface area contributed by atoms with Gasteiger partial charge in [0.2, 0.25) is 0 Å². The van der Waals surface area contributed by atoms with Gasteiger partial charge in [-0.1, -0.05) is 22.9 Å². The molecule has 0 heterocycles. The van der Waals surface area contributed by atoms with Crippen molar-refractivity contribution in [3.8, 4) is 0 Å². The second-order valence-electron chi connectivity index (χ2n) is 1.31. The van der Waals surface area contributed by atoms with E-state index in [9.17, 15) is 4.79 Å². The molecule has 0 bridgehead atoms. The lowest BCUT2D eigenvalue weighted by molar-refractivity contribution is -0.133. The lowest BCUT2D eigenvalue weighted by atomic mass is 10.3. The first-order valence-corrected chi connectivity index (χ1v) is 3.18. The van der Waals surface area contributed by atoms with Gasteiger partial charge in [0.05, 0.1) is 0 Å². The van der Waals surface area contributed by atoms with E-state index in [2.05, 4.69) is 28.6 Å². The zero-order valence-corrected chi connectivity index (χ0v) is 6.14. The molecule has 0 fully saturated rings. The van der Waals surface area contributed by atoms with Crippen LogP contribution in [-0.2, 0) is 9.45 Å². The zero-order chi connectivity index (χ0) is 6.57. The summed E-state index contributed by atoms with van der Waals surface area (Å²) in [5.41, 5.74) is 0. The Hall–Kier alpha value is 0.0149. The first kappa shape index (κ1) is 8.01. The smallest absolute Gasteiger partial charge is 0.378 e. The number of halogens is 1. The van der Waals surface area contributed by atoms with Crippen molar-refractivity contribution in [2.75, 3.05) is 0 Å². The molecule has 0 aliphatic heterocycles. The molecule has 0 saturated heterocycles. The molecule has 0 N–H and O–H groups in total. The number of alkyl halides is 1. The fourth-order valence-electron chi connectivity index (χ4n) is 0.240. The standard InChI is InChI=1S/C4H6BBrO2/c1-2-3(6)4(7)8-5/h3H,2H2,1H3/t3-/m0/s1. The first-order chi connectivity index (χ1) is 3.72. The van der Waals surface area contributed by atoms with Gasteiger partial charge < -0.3 is 4.65 Å². The molecule has 0 aliphatic carbocycles. The van der Waals surface area contributed by atoms with E-state index in [1.54, 1.807) is 0 Å². The predicted molar refractivity (Wildman–Crippen MR) is 34.9 cm³/mol. The second-order valence-corrected chi connectivity index (χ2v) is 2.42. The Labute approximate surface area is 58.2 Å². The Morgan fingerprint density at radius 2 is 2.50 bits per heavy atom. The van der Waals surface area contributed by atoms with Gasteiger partial charge in [-0.15, -0.1) is 0 Å². The maximum absolute atomic E-state index is 10.3. The molecule has 44 valence electrons. The maximum Gasteiger partial charge on any atom is 0.378 e. The molecule has 0 aromatic heterocycles. The van der Waals surface area contributed by atoms with Crippen molar-refractivity contribution in [3.05, 3.63) is 0 Å². The van der Waals surface area contributed by atoms with Gasteiger partial charge in [0, 0.05) is 0 Å². The van der Waals surface area contributed by atoms with Crippen LogP contribution in [-0.4, -0.2) is 18.8 Å². The molecule has 2 nitrogen and oxygen atoms in total. The van der Waals surface area contributed by atoms with Crippen LogP contribution in [0, 0.1) is 0 Å². The Morgan fingerprint density at radius 3 is 2.62 bits per heavy atom. The lowest BCUT2D eigenvalue weighted by Crippen LogP contribution is -2.14. The highest BCUT2D eigenvalue weighted by Crippen LogP contribution is 2.04. The number of rotatable bonds is 2. The summed E-state index contributed by atoms with van der Waals surface area (Å²) in [4.78, 5) is 10.1. The van der Waals surface area contributed by atoms with Crippen molar-refractivity contribution in [1.29, 1.82) is 0 Å². The molecule has 0 aromatic carbocycles. The molecule has 0 spiro atoms. The topological polar surface area (TPSA) is 26.3 Å². The van der Waals surface area contributed by atoms with Gasteiger partial charge in [0.25, 0.3) is 0 Å². The largest absolute Gasteiger partial charge is 0.543 e. The number of hydrogen-bond acceptors (Lipinski definition) is 2. The van der Waals surface area contributed by atoms with Crippen molar-refractivity contribution in [1.82, 2.24) is 0 Å². The minimum Gasteiger partial charge on any atom is -0.543 e. The van der Waals surface area contributed by atoms with E-state index in [-0.39, 0.29) is 4.83 Å². The fourth-order valence-corrected chi connectivity index (χ4v) is 0.348. The van der Waals surface area contributed by atoms with Crippen molar-refractivity contribution in [3.63, 3.8) is 0 Å². The first-order valence-electron chi connectivity index (χ1n) is 2.27. The van der Waals surface area contributed by atoms with Crippen LogP contribution in [0.2, 0.25) is 0 Å². The zero-order valence-electron chi connectivity index (χ0n) is 4.56. The molecule has 1 atom stereocenters. The number of hydrogen-bond donors (Lipinski definition) is 0. The molecule has 8 heavy (non-hydrogen) atoms. The molecule has 0 unspecified atom stereocenters. The van der Waals surface area contributed by atoms with Crippen molar-refractivity contribution in [2.24, 2.45) is 0 Å². The predicted octanol–water partition coefficient (Wildman–Crippen LogP) is 0.787. The van der Waals surface area contributed by atoms with Crippen LogP contribution in [0.1, 0.15) is 13.3 Å². The van der Waals surface area contributed by atoms with Gasteiger partial charge in [-0.25, -0.2) is 0 Å². The Balaban J connectivity index is 3.46. The Bertz CT molecular complexity index is 86.1. The summed E-state index contributed by atoms with van der Waals surface area (Å²) in [6, 6.07) is 0. The highest BCUT2D eigenvalue weighted by molar-refractivity contribution is 9.10. The second kappa shape index (κ2) is 3.95. The van der Waals surface area contributed by atoms with E-state index >= 15 is 0 Å². The summed E-state index contributed by atoms with van der Waals surface area (Å²) < 4.78 is 3.92. The summed E-state index contributed by atoms with van der Waals surface area (Å²) in [6.07, 6.45) is 0.691. The van der Waals surface area contributed by atoms with E-state index in [1.807, 2.05) is 6.92 Å². The van der Waals surface area contributed by atoms with E-state index in [0.717, 1.165) is 0 Å². The van der Waals surface area contributed by atoms with Crippen LogP contribution in [0.25, 0.3) is 0 Å². The molecule has 0 aliphatic rings. The highest BCUT2D eigenvalue weighted by Gasteiger charge is 2.09. The third-order valence-electron chi connectivity index (χ3n) is 0.730. The summed E-state index contributed by atoms with van der Waals surface area (Å²) in [7, 11) is 4.57. The van der Waals surface area contributed by atoms with Gasteiger partial charge in [0.15, 0.2) is 0 Å². The van der Waals surface area contributed by atoms with E-state index in [0.29, 0.717) is 6.42 Å². The Morgan fingerprint density at radius 1 is 2.00 bits per heavy atom. The molecule has 0 saturated carbocycles. The summed E-state index contributed by atoms with van der Waals surface area (Å²) in [5, 5.41) is 0. The van der Waals surface area contributed by atoms with Crippen molar-refractivity contribution < 1.29 is 9.45 Å².